The molecule has 0 aliphatic carbocycles. The van der Waals surface area contributed by atoms with Crippen LogP contribution in [0, 0.1) is 17.2 Å². The standard InChI is InChI=1S/C15H21FN4O3/c1-22-3-2-17-13(21)4-15-9-20(7-11(15)8-23-10-15)14-18-5-12(16)6-19-14/h5-6,11H,2-4,7-10H2,1H3,(H,17,21)/t11-,15+/m0/s1. The topological polar surface area (TPSA) is 76.6 Å². The molecule has 2 aliphatic heterocycles. The van der Waals surface area contributed by atoms with Gasteiger partial charge in [0, 0.05) is 44.5 Å². The number of rotatable bonds is 6. The molecule has 3 rings (SSSR count). The zero-order valence-corrected chi connectivity index (χ0v) is 13.1. The van der Waals surface area contributed by atoms with Gasteiger partial charge in [-0.1, -0.05) is 0 Å². The molecule has 23 heavy (non-hydrogen) atoms. The van der Waals surface area contributed by atoms with Crippen molar-refractivity contribution in [3.8, 4) is 0 Å². The van der Waals surface area contributed by atoms with Gasteiger partial charge in [0.15, 0.2) is 5.82 Å². The second kappa shape index (κ2) is 6.76. The Bertz CT molecular complexity index is 556. The van der Waals surface area contributed by atoms with Gasteiger partial charge in [-0.2, -0.15) is 0 Å². The molecule has 1 aromatic heterocycles. The first-order chi connectivity index (χ1) is 11.1. The van der Waals surface area contributed by atoms with Crippen molar-refractivity contribution < 1.29 is 18.7 Å². The number of fused-ring (bicyclic) bond motifs is 1. The molecule has 1 N–H and O–H groups in total. The number of methoxy groups -OCH3 is 1. The third-order valence-corrected chi connectivity index (χ3v) is 4.55. The molecule has 2 aliphatic rings. The van der Waals surface area contributed by atoms with Crippen molar-refractivity contribution in [2.45, 2.75) is 6.42 Å². The van der Waals surface area contributed by atoms with E-state index in [9.17, 15) is 9.18 Å². The third-order valence-electron chi connectivity index (χ3n) is 4.55. The van der Waals surface area contributed by atoms with Crippen LogP contribution in [0.4, 0.5) is 10.3 Å². The van der Waals surface area contributed by atoms with E-state index in [1.165, 1.54) is 0 Å². The minimum absolute atomic E-state index is 0.000533. The van der Waals surface area contributed by atoms with Crippen LogP contribution in [-0.4, -0.2) is 62.4 Å². The van der Waals surface area contributed by atoms with Crippen molar-refractivity contribution >= 4 is 11.9 Å². The molecular weight excluding hydrogens is 303 g/mol. The highest BCUT2D eigenvalue weighted by atomic mass is 19.1. The Balaban J connectivity index is 1.65. The van der Waals surface area contributed by atoms with Crippen molar-refractivity contribution in [1.82, 2.24) is 15.3 Å². The van der Waals surface area contributed by atoms with Crippen LogP contribution in [0.3, 0.4) is 0 Å². The first-order valence-electron chi connectivity index (χ1n) is 7.69. The maximum Gasteiger partial charge on any atom is 0.225 e. The molecule has 126 valence electrons. The molecule has 0 spiro atoms. The maximum atomic E-state index is 13.0. The number of hydrogen-bond donors (Lipinski definition) is 1. The highest BCUT2D eigenvalue weighted by molar-refractivity contribution is 5.77. The van der Waals surface area contributed by atoms with E-state index in [0.717, 1.165) is 18.9 Å². The number of nitrogens with one attached hydrogen (secondary N) is 1. The van der Waals surface area contributed by atoms with Crippen molar-refractivity contribution in [2.24, 2.45) is 11.3 Å². The quantitative estimate of drug-likeness (QED) is 0.755. The molecule has 0 aromatic carbocycles. The first-order valence-corrected chi connectivity index (χ1v) is 7.69. The lowest BCUT2D eigenvalue weighted by Crippen LogP contribution is -2.38. The third kappa shape index (κ3) is 3.42. The van der Waals surface area contributed by atoms with Crippen LogP contribution >= 0.6 is 0 Å². The molecule has 1 amide bonds. The predicted octanol–water partition coefficient (Wildman–Crippen LogP) is 0.221. The van der Waals surface area contributed by atoms with E-state index in [4.69, 9.17) is 9.47 Å². The summed E-state index contributed by atoms with van der Waals surface area (Å²) in [6.45, 7) is 3.53. The average molecular weight is 324 g/mol. The van der Waals surface area contributed by atoms with Gasteiger partial charge >= 0.3 is 0 Å². The highest BCUT2D eigenvalue weighted by Crippen LogP contribution is 2.44. The number of amides is 1. The second-order valence-electron chi connectivity index (χ2n) is 6.18. The van der Waals surface area contributed by atoms with Crippen LogP contribution in [0.15, 0.2) is 12.4 Å². The van der Waals surface area contributed by atoms with Gasteiger partial charge in [-0.25, -0.2) is 14.4 Å². The number of carbonyl (C=O) groups excluding carboxylic acids is 1. The van der Waals surface area contributed by atoms with Crippen molar-refractivity contribution in [3.05, 3.63) is 18.2 Å². The fourth-order valence-corrected chi connectivity index (χ4v) is 3.38. The summed E-state index contributed by atoms with van der Waals surface area (Å²) >= 11 is 0. The van der Waals surface area contributed by atoms with Crippen molar-refractivity contribution in [3.63, 3.8) is 0 Å². The fraction of sp³-hybridized carbons (Fsp3) is 0.667. The van der Waals surface area contributed by atoms with E-state index >= 15 is 0 Å². The Morgan fingerprint density at radius 2 is 2.35 bits per heavy atom. The molecule has 0 saturated carbocycles. The van der Waals surface area contributed by atoms with E-state index in [-0.39, 0.29) is 17.2 Å². The van der Waals surface area contributed by atoms with Gasteiger partial charge in [0.25, 0.3) is 0 Å². The number of hydrogen-bond acceptors (Lipinski definition) is 6. The largest absolute Gasteiger partial charge is 0.383 e. The normalized spacial score (nSPS) is 26.3. The molecule has 8 heteroatoms. The predicted molar refractivity (Wildman–Crippen MR) is 80.4 cm³/mol. The molecule has 0 unspecified atom stereocenters. The molecular formula is C15H21FN4O3. The van der Waals surface area contributed by atoms with E-state index in [1.807, 2.05) is 4.90 Å². The van der Waals surface area contributed by atoms with E-state index in [1.54, 1.807) is 7.11 Å². The van der Waals surface area contributed by atoms with Crippen LogP contribution in [0.5, 0.6) is 0 Å². The Morgan fingerprint density at radius 3 is 3.09 bits per heavy atom. The minimum Gasteiger partial charge on any atom is -0.383 e. The summed E-state index contributed by atoms with van der Waals surface area (Å²) in [5.74, 6) is 0.299. The molecule has 1 aromatic rings. The van der Waals surface area contributed by atoms with Crippen molar-refractivity contribution in [1.29, 1.82) is 0 Å². The average Bonchev–Trinajstić information content (AvgIpc) is 3.04. The lowest BCUT2D eigenvalue weighted by molar-refractivity contribution is -0.123. The summed E-state index contributed by atoms with van der Waals surface area (Å²) in [6, 6.07) is 0. The Kier molecular flexibility index (Phi) is 4.72. The highest BCUT2D eigenvalue weighted by Gasteiger charge is 2.52. The van der Waals surface area contributed by atoms with Gasteiger partial charge in [-0.15, -0.1) is 0 Å². The van der Waals surface area contributed by atoms with E-state index in [0.29, 0.717) is 45.3 Å². The van der Waals surface area contributed by atoms with Gasteiger partial charge in [-0.05, 0) is 0 Å². The number of halogens is 1. The monoisotopic (exact) mass is 324 g/mol. The lowest BCUT2D eigenvalue weighted by Gasteiger charge is -2.26. The summed E-state index contributed by atoms with van der Waals surface area (Å²) < 4.78 is 23.5. The number of ether oxygens (including phenoxy) is 2. The number of carbonyl (C=O) groups is 1. The smallest absolute Gasteiger partial charge is 0.225 e. The minimum atomic E-state index is -0.455. The summed E-state index contributed by atoms with van der Waals surface area (Å²) in [5.41, 5.74) is -0.227. The second-order valence-corrected chi connectivity index (χ2v) is 6.18. The summed E-state index contributed by atoms with van der Waals surface area (Å²) in [5, 5.41) is 2.86. The van der Waals surface area contributed by atoms with Gasteiger partial charge < -0.3 is 19.7 Å². The Morgan fingerprint density at radius 1 is 1.57 bits per heavy atom. The first kappa shape index (κ1) is 16.1. The Labute approximate surface area is 134 Å². The summed E-state index contributed by atoms with van der Waals surface area (Å²) in [4.78, 5) is 22.3. The van der Waals surface area contributed by atoms with Crippen LogP contribution in [0.25, 0.3) is 0 Å². The summed E-state index contributed by atoms with van der Waals surface area (Å²) in [6.07, 6.45) is 2.73. The van der Waals surface area contributed by atoms with Gasteiger partial charge in [-0.3, -0.25) is 4.79 Å². The molecule has 2 saturated heterocycles. The van der Waals surface area contributed by atoms with Gasteiger partial charge in [0.2, 0.25) is 11.9 Å². The van der Waals surface area contributed by atoms with Crippen LogP contribution < -0.4 is 10.2 Å². The molecule has 2 fully saturated rings. The SMILES string of the molecule is COCCNC(=O)C[C@@]12COC[C@@H]1CN(c1ncc(F)cn1)C2. The van der Waals surface area contributed by atoms with E-state index < -0.39 is 5.82 Å². The lowest BCUT2D eigenvalue weighted by atomic mass is 9.78. The van der Waals surface area contributed by atoms with Crippen LogP contribution in [-0.2, 0) is 14.3 Å². The molecule has 0 bridgehead atoms. The van der Waals surface area contributed by atoms with Gasteiger partial charge in [0.05, 0.1) is 32.2 Å². The fourth-order valence-electron chi connectivity index (χ4n) is 3.38. The maximum absolute atomic E-state index is 13.0. The zero-order valence-electron chi connectivity index (χ0n) is 13.1. The molecule has 3 heterocycles. The Hall–Kier alpha value is -1.80. The number of nitrogens with zero attached hydrogens (tertiary/aromatic N) is 3. The van der Waals surface area contributed by atoms with Crippen molar-refractivity contribution in [2.75, 3.05) is 51.5 Å². The van der Waals surface area contributed by atoms with Gasteiger partial charge in [0.1, 0.15) is 0 Å². The van der Waals surface area contributed by atoms with Crippen LogP contribution in [0.2, 0.25) is 0 Å². The van der Waals surface area contributed by atoms with Crippen LogP contribution in [0.1, 0.15) is 6.42 Å². The zero-order chi connectivity index (χ0) is 16.3. The molecule has 2 atom stereocenters. The molecule has 0 radical (unpaired) electrons. The number of aromatic nitrogens is 2. The summed E-state index contributed by atoms with van der Waals surface area (Å²) in [7, 11) is 1.60. The molecule has 7 nitrogen and oxygen atoms in total. The number of anilines is 1. The van der Waals surface area contributed by atoms with E-state index in [2.05, 4.69) is 15.3 Å².